The number of rotatable bonds is 4. The predicted octanol–water partition coefficient (Wildman–Crippen LogP) is 2.41. The standard InChI is InChI=1S/C12H18N4/c1-2-4-9(3-1)15-11-7-12(14-8-13-11)16-10-5-6-10/h7-10H,1-6H2,(H2,13,14,15,16). The van der Waals surface area contributed by atoms with Crippen LogP contribution in [0.15, 0.2) is 12.4 Å². The van der Waals surface area contributed by atoms with E-state index in [2.05, 4.69) is 20.6 Å². The number of anilines is 2. The fourth-order valence-corrected chi connectivity index (χ4v) is 2.23. The molecule has 0 aliphatic heterocycles. The zero-order chi connectivity index (χ0) is 10.8. The van der Waals surface area contributed by atoms with E-state index in [9.17, 15) is 0 Å². The van der Waals surface area contributed by atoms with Gasteiger partial charge in [0, 0.05) is 18.2 Å². The molecule has 1 aromatic heterocycles. The Bertz CT molecular complexity index is 356. The number of aromatic nitrogens is 2. The first kappa shape index (κ1) is 9.87. The van der Waals surface area contributed by atoms with E-state index in [1.165, 1.54) is 38.5 Å². The monoisotopic (exact) mass is 218 g/mol. The van der Waals surface area contributed by atoms with E-state index in [1.54, 1.807) is 6.33 Å². The molecule has 16 heavy (non-hydrogen) atoms. The molecule has 2 N–H and O–H groups in total. The molecule has 1 heterocycles. The Hall–Kier alpha value is -1.32. The van der Waals surface area contributed by atoms with Crippen molar-refractivity contribution in [2.24, 2.45) is 0 Å². The molecule has 0 amide bonds. The number of hydrogen-bond acceptors (Lipinski definition) is 4. The van der Waals surface area contributed by atoms with Crippen LogP contribution in [-0.2, 0) is 0 Å². The highest BCUT2D eigenvalue weighted by molar-refractivity contribution is 5.48. The van der Waals surface area contributed by atoms with Crippen molar-refractivity contribution < 1.29 is 0 Å². The third-order valence-corrected chi connectivity index (χ3v) is 3.30. The van der Waals surface area contributed by atoms with E-state index in [-0.39, 0.29) is 0 Å². The number of nitrogens with zero attached hydrogens (tertiary/aromatic N) is 2. The Morgan fingerprint density at radius 3 is 2.00 bits per heavy atom. The van der Waals surface area contributed by atoms with Crippen molar-refractivity contribution >= 4 is 11.6 Å². The van der Waals surface area contributed by atoms with Crippen molar-refractivity contribution in [1.29, 1.82) is 0 Å². The van der Waals surface area contributed by atoms with Crippen LogP contribution in [0.1, 0.15) is 38.5 Å². The second-order valence-electron chi connectivity index (χ2n) is 4.83. The lowest BCUT2D eigenvalue weighted by Crippen LogP contribution is -2.16. The molecule has 0 bridgehead atoms. The van der Waals surface area contributed by atoms with Crippen molar-refractivity contribution in [2.45, 2.75) is 50.6 Å². The van der Waals surface area contributed by atoms with Gasteiger partial charge in [-0.3, -0.25) is 0 Å². The molecular weight excluding hydrogens is 200 g/mol. The minimum atomic E-state index is 0.615. The van der Waals surface area contributed by atoms with Gasteiger partial charge in [-0.25, -0.2) is 9.97 Å². The lowest BCUT2D eigenvalue weighted by Gasteiger charge is -2.13. The van der Waals surface area contributed by atoms with Crippen molar-refractivity contribution in [2.75, 3.05) is 10.6 Å². The molecular formula is C12H18N4. The van der Waals surface area contributed by atoms with Gasteiger partial charge in [0.1, 0.15) is 18.0 Å². The van der Waals surface area contributed by atoms with Crippen LogP contribution in [0.5, 0.6) is 0 Å². The second kappa shape index (κ2) is 4.28. The maximum Gasteiger partial charge on any atom is 0.131 e. The summed E-state index contributed by atoms with van der Waals surface area (Å²) in [4.78, 5) is 8.50. The third-order valence-electron chi connectivity index (χ3n) is 3.30. The highest BCUT2D eigenvalue weighted by Crippen LogP contribution is 2.25. The summed E-state index contributed by atoms with van der Waals surface area (Å²) < 4.78 is 0. The van der Waals surface area contributed by atoms with E-state index >= 15 is 0 Å². The van der Waals surface area contributed by atoms with Gasteiger partial charge >= 0.3 is 0 Å². The first-order chi connectivity index (χ1) is 7.90. The van der Waals surface area contributed by atoms with Gasteiger partial charge in [0.25, 0.3) is 0 Å². The van der Waals surface area contributed by atoms with Crippen molar-refractivity contribution in [1.82, 2.24) is 9.97 Å². The maximum atomic E-state index is 4.27. The van der Waals surface area contributed by atoms with E-state index < -0.39 is 0 Å². The summed E-state index contributed by atoms with van der Waals surface area (Å²) in [7, 11) is 0. The molecule has 2 aliphatic rings. The maximum absolute atomic E-state index is 4.27. The Kier molecular flexibility index (Phi) is 2.64. The Balaban J connectivity index is 1.63. The van der Waals surface area contributed by atoms with Gasteiger partial charge in [-0.05, 0) is 25.7 Å². The molecule has 3 rings (SSSR count). The molecule has 4 nitrogen and oxygen atoms in total. The molecule has 0 unspecified atom stereocenters. The smallest absolute Gasteiger partial charge is 0.131 e. The van der Waals surface area contributed by atoms with Crippen molar-refractivity contribution in [3.05, 3.63) is 12.4 Å². The quantitative estimate of drug-likeness (QED) is 0.814. The Morgan fingerprint density at radius 2 is 1.44 bits per heavy atom. The molecule has 2 saturated carbocycles. The van der Waals surface area contributed by atoms with Gasteiger partial charge in [-0.15, -0.1) is 0 Å². The van der Waals surface area contributed by atoms with Gasteiger partial charge < -0.3 is 10.6 Å². The Morgan fingerprint density at radius 1 is 0.875 bits per heavy atom. The van der Waals surface area contributed by atoms with Crippen molar-refractivity contribution in [3.8, 4) is 0 Å². The van der Waals surface area contributed by atoms with Crippen LogP contribution in [0.4, 0.5) is 11.6 Å². The first-order valence-corrected chi connectivity index (χ1v) is 6.25. The largest absolute Gasteiger partial charge is 0.367 e. The summed E-state index contributed by atoms with van der Waals surface area (Å²) in [5, 5.41) is 6.87. The lowest BCUT2D eigenvalue weighted by atomic mass is 10.2. The lowest BCUT2D eigenvalue weighted by molar-refractivity contribution is 0.750. The summed E-state index contributed by atoms with van der Waals surface area (Å²) in [6.07, 6.45) is 9.42. The van der Waals surface area contributed by atoms with Crippen LogP contribution in [-0.4, -0.2) is 22.1 Å². The average Bonchev–Trinajstić information content (AvgIpc) is 2.94. The van der Waals surface area contributed by atoms with Crippen LogP contribution in [0.3, 0.4) is 0 Å². The van der Waals surface area contributed by atoms with E-state index in [1.807, 2.05) is 6.07 Å². The molecule has 0 saturated heterocycles. The fourth-order valence-electron chi connectivity index (χ4n) is 2.23. The molecule has 0 atom stereocenters. The van der Waals surface area contributed by atoms with Gasteiger partial charge in [-0.2, -0.15) is 0 Å². The number of nitrogens with one attached hydrogen (secondary N) is 2. The van der Waals surface area contributed by atoms with Gasteiger partial charge in [-0.1, -0.05) is 12.8 Å². The van der Waals surface area contributed by atoms with Crippen LogP contribution >= 0.6 is 0 Å². The molecule has 0 radical (unpaired) electrons. The summed E-state index contributed by atoms with van der Waals surface area (Å²) in [5.41, 5.74) is 0. The molecule has 2 fully saturated rings. The minimum Gasteiger partial charge on any atom is -0.367 e. The molecule has 1 aromatic rings. The fraction of sp³-hybridized carbons (Fsp3) is 0.667. The van der Waals surface area contributed by atoms with E-state index in [4.69, 9.17) is 0 Å². The Labute approximate surface area is 95.9 Å². The summed E-state index contributed by atoms with van der Waals surface area (Å²) in [5.74, 6) is 1.92. The molecule has 4 heteroatoms. The molecule has 0 spiro atoms. The zero-order valence-corrected chi connectivity index (χ0v) is 9.45. The zero-order valence-electron chi connectivity index (χ0n) is 9.45. The topological polar surface area (TPSA) is 49.8 Å². The summed E-state index contributed by atoms with van der Waals surface area (Å²) in [6.45, 7) is 0. The SMILES string of the molecule is c1nc(NC2CCCC2)cc(NC2CC2)n1. The van der Waals surface area contributed by atoms with Crippen LogP contribution in [0.25, 0.3) is 0 Å². The minimum absolute atomic E-state index is 0.615. The second-order valence-corrected chi connectivity index (χ2v) is 4.83. The summed E-state index contributed by atoms with van der Waals surface area (Å²) >= 11 is 0. The van der Waals surface area contributed by atoms with E-state index in [0.29, 0.717) is 12.1 Å². The van der Waals surface area contributed by atoms with Crippen LogP contribution in [0.2, 0.25) is 0 Å². The molecule has 86 valence electrons. The van der Waals surface area contributed by atoms with Crippen LogP contribution < -0.4 is 10.6 Å². The highest BCUT2D eigenvalue weighted by atomic mass is 15.1. The first-order valence-electron chi connectivity index (χ1n) is 6.25. The van der Waals surface area contributed by atoms with Crippen molar-refractivity contribution in [3.63, 3.8) is 0 Å². The predicted molar refractivity (Wildman–Crippen MR) is 64.6 cm³/mol. The van der Waals surface area contributed by atoms with Gasteiger partial charge in [0.2, 0.25) is 0 Å². The van der Waals surface area contributed by atoms with Gasteiger partial charge in [0.15, 0.2) is 0 Å². The van der Waals surface area contributed by atoms with E-state index in [0.717, 1.165) is 11.6 Å². The van der Waals surface area contributed by atoms with Gasteiger partial charge in [0.05, 0.1) is 0 Å². The van der Waals surface area contributed by atoms with Crippen LogP contribution in [0, 0.1) is 0 Å². The highest BCUT2D eigenvalue weighted by Gasteiger charge is 2.21. The third kappa shape index (κ3) is 2.43. The average molecular weight is 218 g/mol. The molecule has 2 aliphatic carbocycles. The normalized spacial score (nSPS) is 21.0. The summed E-state index contributed by atoms with van der Waals surface area (Å²) in [6, 6.07) is 3.29. The molecule has 0 aromatic carbocycles. The number of hydrogen-bond donors (Lipinski definition) is 2.